The number of nitrogens with zero attached hydrogens (tertiary/aromatic N) is 1. The van der Waals surface area contributed by atoms with Gasteiger partial charge in [0.15, 0.2) is 9.84 Å². The van der Waals surface area contributed by atoms with Crippen LogP contribution in [0.5, 0.6) is 0 Å². The SMILES string of the molecule is COCCN(C(=O)C(=O)NCCCOC(C)C)C1CCS(=O)(=O)C1. The summed E-state index contributed by atoms with van der Waals surface area (Å²) in [6, 6.07) is -0.465. The van der Waals surface area contributed by atoms with Gasteiger partial charge in [-0.15, -0.1) is 0 Å². The molecule has 1 aliphatic heterocycles. The van der Waals surface area contributed by atoms with Gasteiger partial charge in [-0.25, -0.2) is 8.42 Å². The third kappa shape index (κ3) is 7.14. The predicted octanol–water partition coefficient (Wildman–Crippen LogP) is -0.420. The minimum atomic E-state index is -3.14. The molecule has 0 saturated carbocycles. The highest BCUT2D eigenvalue weighted by atomic mass is 32.2. The lowest BCUT2D eigenvalue weighted by Gasteiger charge is -2.27. The number of methoxy groups -OCH3 is 1. The van der Waals surface area contributed by atoms with Gasteiger partial charge in [0.2, 0.25) is 0 Å². The molecule has 0 spiro atoms. The van der Waals surface area contributed by atoms with E-state index in [0.717, 1.165) is 0 Å². The lowest BCUT2D eigenvalue weighted by atomic mass is 10.2. The van der Waals surface area contributed by atoms with Crippen LogP contribution in [0, 0.1) is 0 Å². The van der Waals surface area contributed by atoms with Gasteiger partial charge in [0.05, 0.1) is 24.2 Å². The van der Waals surface area contributed by atoms with Crippen molar-refractivity contribution >= 4 is 21.7 Å². The Labute approximate surface area is 143 Å². The molecular weight excluding hydrogens is 336 g/mol. The first-order valence-corrected chi connectivity index (χ1v) is 9.98. The van der Waals surface area contributed by atoms with Gasteiger partial charge in [0.25, 0.3) is 0 Å². The lowest BCUT2D eigenvalue weighted by molar-refractivity contribution is -0.147. The molecule has 1 fully saturated rings. The van der Waals surface area contributed by atoms with Gasteiger partial charge in [-0.3, -0.25) is 9.59 Å². The Morgan fingerprint density at radius 2 is 2.00 bits per heavy atom. The van der Waals surface area contributed by atoms with Crippen molar-refractivity contribution in [1.29, 1.82) is 0 Å². The molecule has 1 atom stereocenters. The molecule has 0 aromatic carbocycles. The maximum absolute atomic E-state index is 12.4. The van der Waals surface area contributed by atoms with E-state index in [1.165, 1.54) is 12.0 Å². The number of carbonyl (C=O) groups excluding carboxylic acids is 2. The molecule has 1 heterocycles. The molecule has 140 valence electrons. The van der Waals surface area contributed by atoms with Gasteiger partial charge in [-0.2, -0.15) is 0 Å². The number of carbonyl (C=O) groups is 2. The Hall–Kier alpha value is -1.19. The van der Waals surface area contributed by atoms with E-state index < -0.39 is 27.7 Å². The second kappa shape index (κ2) is 9.95. The van der Waals surface area contributed by atoms with E-state index in [2.05, 4.69) is 5.32 Å². The van der Waals surface area contributed by atoms with E-state index in [-0.39, 0.29) is 30.8 Å². The quantitative estimate of drug-likeness (QED) is 0.440. The number of sulfone groups is 1. The lowest BCUT2D eigenvalue weighted by Crippen LogP contribution is -2.49. The maximum Gasteiger partial charge on any atom is 0.312 e. The molecule has 9 heteroatoms. The molecule has 1 rings (SSSR count). The summed E-state index contributed by atoms with van der Waals surface area (Å²) in [7, 11) is -1.65. The molecule has 0 aromatic heterocycles. The average molecular weight is 364 g/mol. The van der Waals surface area contributed by atoms with Crippen LogP contribution in [-0.4, -0.2) is 82.2 Å². The summed E-state index contributed by atoms with van der Waals surface area (Å²) in [6.45, 7) is 5.12. The highest BCUT2D eigenvalue weighted by molar-refractivity contribution is 7.91. The summed E-state index contributed by atoms with van der Waals surface area (Å²) in [6.07, 6.45) is 1.08. The van der Waals surface area contributed by atoms with Gasteiger partial charge in [-0.1, -0.05) is 0 Å². The molecule has 1 N–H and O–H groups in total. The highest BCUT2D eigenvalue weighted by Crippen LogP contribution is 2.18. The minimum Gasteiger partial charge on any atom is -0.383 e. The van der Waals surface area contributed by atoms with E-state index in [1.54, 1.807) is 0 Å². The van der Waals surface area contributed by atoms with Crippen LogP contribution in [0.15, 0.2) is 0 Å². The van der Waals surface area contributed by atoms with Gasteiger partial charge in [0.1, 0.15) is 0 Å². The topological polar surface area (TPSA) is 102 Å². The zero-order valence-electron chi connectivity index (χ0n) is 14.6. The summed E-state index contributed by atoms with van der Waals surface area (Å²) in [4.78, 5) is 25.7. The first-order valence-electron chi connectivity index (χ1n) is 8.16. The van der Waals surface area contributed by atoms with Crippen molar-refractivity contribution in [2.75, 3.05) is 44.9 Å². The van der Waals surface area contributed by atoms with Crippen LogP contribution in [0.2, 0.25) is 0 Å². The Bertz CT molecular complexity index is 520. The number of ether oxygens (including phenoxy) is 2. The summed E-state index contributed by atoms with van der Waals surface area (Å²) in [5.41, 5.74) is 0. The monoisotopic (exact) mass is 364 g/mol. The van der Waals surface area contributed by atoms with E-state index in [9.17, 15) is 18.0 Å². The van der Waals surface area contributed by atoms with Crippen molar-refractivity contribution in [1.82, 2.24) is 10.2 Å². The second-order valence-corrected chi connectivity index (χ2v) is 8.31. The number of rotatable bonds is 9. The predicted molar refractivity (Wildman–Crippen MR) is 89.4 cm³/mol. The third-order valence-electron chi connectivity index (χ3n) is 3.70. The van der Waals surface area contributed by atoms with E-state index >= 15 is 0 Å². The molecule has 8 nitrogen and oxygen atoms in total. The Morgan fingerprint density at radius 1 is 1.29 bits per heavy atom. The fourth-order valence-corrected chi connectivity index (χ4v) is 4.19. The van der Waals surface area contributed by atoms with Gasteiger partial charge >= 0.3 is 11.8 Å². The second-order valence-electron chi connectivity index (χ2n) is 6.08. The van der Waals surface area contributed by atoms with E-state index in [4.69, 9.17) is 9.47 Å². The summed E-state index contributed by atoms with van der Waals surface area (Å²) in [5, 5.41) is 2.56. The molecule has 0 aliphatic carbocycles. The Balaban J connectivity index is 2.52. The smallest absolute Gasteiger partial charge is 0.312 e. The number of nitrogens with one attached hydrogen (secondary N) is 1. The standard InChI is InChI=1S/C15H28N2O6S/c1-12(2)23-8-4-6-16-14(18)15(19)17(7-9-22-3)13-5-10-24(20,21)11-13/h12-13H,4-11H2,1-3H3,(H,16,18). The van der Waals surface area contributed by atoms with Crippen molar-refractivity contribution in [2.24, 2.45) is 0 Å². The summed E-state index contributed by atoms with van der Waals surface area (Å²) < 4.78 is 33.6. The highest BCUT2D eigenvalue weighted by Gasteiger charge is 2.36. The van der Waals surface area contributed by atoms with Gasteiger partial charge in [-0.05, 0) is 26.7 Å². The molecule has 0 radical (unpaired) electrons. The minimum absolute atomic E-state index is 0.0442. The molecule has 2 amide bonds. The van der Waals surface area contributed by atoms with Crippen LogP contribution >= 0.6 is 0 Å². The molecule has 1 saturated heterocycles. The average Bonchev–Trinajstić information content (AvgIpc) is 2.86. The van der Waals surface area contributed by atoms with Crippen LogP contribution in [-0.2, 0) is 28.9 Å². The molecule has 1 unspecified atom stereocenters. The van der Waals surface area contributed by atoms with Crippen molar-refractivity contribution in [2.45, 2.75) is 38.8 Å². The van der Waals surface area contributed by atoms with Gasteiger partial charge in [0, 0.05) is 32.8 Å². The van der Waals surface area contributed by atoms with Crippen molar-refractivity contribution in [3.05, 3.63) is 0 Å². The maximum atomic E-state index is 12.4. The van der Waals surface area contributed by atoms with Crippen molar-refractivity contribution in [3.63, 3.8) is 0 Å². The number of amides is 2. The number of hydrogen-bond donors (Lipinski definition) is 1. The molecule has 1 aliphatic rings. The normalized spacial score (nSPS) is 19.4. The van der Waals surface area contributed by atoms with E-state index in [1.807, 2.05) is 13.8 Å². The fraction of sp³-hybridized carbons (Fsp3) is 0.867. The van der Waals surface area contributed by atoms with Crippen LogP contribution in [0.25, 0.3) is 0 Å². The van der Waals surface area contributed by atoms with Gasteiger partial charge < -0.3 is 19.7 Å². The van der Waals surface area contributed by atoms with E-state index in [0.29, 0.717) is 26.0 Å². The largest absolute Gasteiger partial charge is 0.383 e. The molecular formula is C15H28N2O6S. The fourth-order valence-electron chi connectivity index (χ4n) is 2.46. The van der Waals surface area contributed by atoms with Crippen LogP contribution in [0.4, 0.5) is 0 Å². The number of hydrogen-bond acceptors (Lipinski definition) is 6. The van der Waals surface area contributed by atoms with Crippen molar-refractivity contribution in [3.8, 4) is 0 Å². The summed E-state index contributed by atoms with van der Waals surface area (Å²) >= 11 is 0. The Morgan fingerprint density at radius 3 is 2.54 bits per heavy atom. The van der Waals surface area contributed by atoms with Crippen LogP contribution < -0.4 is 5.32 Å². The first kappa shape index (κ1) is 20.9. The first-order chi connectivity index (χ1) is 11.3. The summed E-state index contributed by atoms with van der Waals surface area (Å²) in [5.74, 6) is -1.49. The van der Waals surface area contributed by atoms with Crippen LogP contribution in [0.3, 0.4) is 0 Å². The van der Waals surface area contributed by atoms with Crippen LogP contribution in [0.1, 0.15) is 26.7 Å². The molecule has 0 bridgehead atoms. The zero-order chi connectivity index (χ0) is 18.2. The van der Waals surface area contributed by atoms with Crippen molar-refractivity contribution < 1.29 is 27.5 Å². The Kier molecular flexibility index (Phi) is 8.65. The molecule has 24 heavy (non-hydrogen) atoms. The zero-order valence-corrected chi connectivity index (χ0v) is 15.4. The third-order valence-corrected chi connectivity index (χ3v) is 5.45. The molecule has 0 aromatic rings.